The molecule has 2 aromatic carbocycles. The molecule has 3 aromatic rings. The van der Waals surface area contributed by atoms with Gasteiger partial charge in [-0.3, -0.25) is 14.2 Å². The van der Waals surface area contributed by atoms with E-state index in [0.717, 1.165) is 0 Å². The van der Waals surface area contributed by atoms with Gasteiger partial charge in [-0.1, -0.05) is 42.3 Å². The minimum atomic E-state index is -0.416. The first-order chi connectivity index (χ1) is 14.4. The van der Waals surface area contributed by atoms with Gasteiger partial charge < -0.3 is 9.64 Å². The number of hydrogen-bond acceptors (Lipinski definition) is 4. The molecule has 0 bridgehead atoms. The Morgan fingerprint density at radius 3 is 2.60 bits per heavy atom. The van der Waals surface area contributed by atoms with E-state index >= 15 is 0 Å². The molecule has 1 heterocycles. The van der Waals surface area contributed by atoms with Gasteiger partial charge in [-0.2, -0.15) is 0 Å². The molecule has 0 saturated carbocycles. The van der Waals surface area contributed by atoms with E-state index in [2.05, 4.69) is 0 Å². The van der Waals surface area contributed by atoms with Crippen LogP contribution >= 0.6 is 23.2 Å². The highest BCUT2D eigenvalue weighted by atomic mass is 35.5. The first-order valence-electron chi connectivity index (χ1n) is 9.59. The molecule has 0 aliphatic rings. The molecule has 1 amide bonds. The van der Waals surface area contributed by atoms with Gasteiger partial charge in [0.25, 0.3) is 11.5 Å². The summed E-state index contributed by atoms with van der Waals surface area (Å²) in [6.07, 6.45) is 0.571. The Hall–Kier alpha value is -2.41. The molecule has 0 N–H and O–H groups in total. The van der Waals surface area contributed by atoms with Crippen molar-refractivity contribution in [3.63, 3.8) is 0 Å². The zero-order valence-electron chi connectivity index (χ0n) is 17.1. The van der Waals surface area contributed by atoms with Crippen molar-refractivity contribution in [3.05, 3.63) is 74.3 Å². The van der Waals surface area contributed by atoms with E-state index < -0.39 is 6.04 Å². The summed E-state index contributed by atoms with van der Waals surface area (Å²) in [6.45, 7) is 2.65. The number of benzene rings is 2. The van der Waals surface area contributed by atoms with Crippen LogP contribution in [0.25, 0.3) is 10.9 Å². The molecular weight excluding hydrogens is 425 g/mol. The third kappa shape index (κ3) is 4.36. The zero-order valence-corrected chi connectivity index (χ0v) is 18.6. The second kappa shape index (κ2) is 9.60. The fourth-order valence-corrected chi connectivity index (χ4v) is 3.74. The average Bonchev–Trinajstić information content (AvgIpc) is 2.75. The summed E-state index contributed by atoms with van der Waals surface area (Å²) in [7, 11) is 3.28. The molecule has 158 valence electrons. The van der Waals surface area contributed by atoms with Gasteiger partial charge in [-0.15, -0.1) is 0 Å². The molecule has 0 fully saturated rings. The topological polar surface area (TPSA) is 64.4 Å². The van der Waals surface area contributed by atoms with Gasteiger partial charge in [0, 0.05) is 19.7 Å². The van der Waals surface area contributed by atoms with Crippen LogP contribution < -0.4 is 5.56 Å². The Kier molecular flexibility index (Phi) is 7.13. The first-order valence-corrected chi connectivity index (χ1v) is 10.3. The van der Waals surface area contributed by atoms with E-state index in [9.17, 15) is 9.59 Å². The van der Waals surface area contributed by atoms with Gasteiger partial charge >= 0.3 is 0 Å². The zero-order chi connectivity index (χ0) is 21.8. The third-order valence-electron chi connectivity index (χ3n) is 5.05. The number of para-hydroxylation sites is 1. The number of methoxy groups -OCH3 is 1. The van der Waals surface area contributed by atoms with Crippen LogP contribution in [-0.4, -0.2) is 41.1 Å². The summed E-state index contributed by atoms with van der Waals surface area (Å²) in [6, 6.07) is 11.5. The maximum atomic E-state index is 13.2. The van der Waals surface area contributed by atoms with Crippen LogP contribution in [0.2, 0.25) is 10.0 Å². The number of hydrogen-bond donors (Lipinski definition) is 0. The summed E-state index contributed by atoms with van der Waals surface area (Å²) in [5.41, 5.74) is 0.860. The lowest BCUT2D eigenvalue weighted by atomic mass is 10.1. The predicted molar refractivity (Wildman–Crippen MR) is 119 cm³/mol. The van der Waals surface area contributed by atoms with Crippen LogP contribution in [0.1, 0.15) is 35.6 Å². The molecule has 6 nitrogen and oxygen atoms in total. The summed E-state index contributed by atoms with van der Waals surface area (Å²) in [5, 5.41) is 1.22. The lowest BCUT2D eigenvalue weighted by molar-refractivity contribution is 0.0713. The van der Waals surface area contributed by atoms with E-state index in [4.69, 9.17) is 32.9 Å². The Bertz CT molecular complexity index is 1130. The molecule has 0 aliphatic heterocycles. The Balaban J connectivity index is 2.09. The van der Waals surface area contributed by atoms with E-state index in [1.54, 1.807) is 54.0 Å². The van der Waals surface area contributed by atoms with Crippen LogP contribution in [0.15, 0.2) is 47.3 Å². The van der Waals surface area contributed by atoms with Gasteiger partial charge in [0.1, 0.15) is 5.82 Å². The molecule has 3 rings (SSSR count). The SMILES string of the molecule is CCC(c1nc2ccccc2c(=O)n1CCOC)N(C)C(=O)c1ccc(Cl)c(Cl)c1. The Labute approximate surface area is 185 Å². The van der Waals surface area contributed by atoms with Crippen molar-refractivity contribution in [2.75, 3.05) is 20.8 Å². The molecule has 0 saturated heterocycles. The molecule has 8 heteroatoms. The van der Waals surface area contributed by atoms with Crippen molar-refractivity contribution in [1.82, 2.24) is 14.5 Å². The number of halogens is 2. The number of carbonyl (C=O) groups excluding carboxylic acids is 1. The van der Waals surface area contributed by atoms with Gasteiger partial charge in [0.05, 0.1) is 40.1 Å². The smallest absolute Gasteiger partial charge is 0.261 e. The second-order valence-corrected chi connectivity index (χ2v) is 7.72. The molecule has 0 aliphatic carbocycles. The molecular formula is C22H23Cl2N3O3. The van der Waals surface area contributed by atoms with Gasteiger partial charge in [0.15, 0.2) is 0 Å². The van der Waals surface area contributed by atoms with Crippen molar-refractivity contribution >= 4 is 40.0 Å². The third-order valence-corrected chi connectivity index (χ3v) is 5.79. The Morgan fingerprint density at radius 1 is 1.20 bits per heavy atom. The number of fused-ring (bicyclic) bond motifs is 1. The van der Waals surface area contributed by atoms with E-state index in [-0.39, 0.29) is 11.5 Å². The van der Waals surface area contributed by atoms with Crippen LogP contribution in [-0.2, 0) is 11.3 Å². The monoisotopic (exact) mass is 447 g/mol. The molecule has 1 unspecified atom stereocenters. The number of carbonyl (C=O) groups is 1. The fraction of sp³-hybridized carbons (Fsp3) is 0.318. The highest BCUT2D eigenvalue weighted by Gasteiger charge is 2.26. The first kappa shape index (κ1) is 22.3. The number of nitrogens with zero attached hydrogens (tertiary/aromatic N) is 3. The van der Waals surface area contributed by atoms with Crippen LogP contribution in [0, 0.1) is 0 Å². The summed E-state index contributed by atoms with van der Waals surface area (Å²) in [5.74, 6) is 0.287. The van der Waals surface area contributed by atoms with Gasteiger partial charge in [0.2, 0.25) is 0 Å². The average molecular weight is 448 g/mol. The van der Waals surface area contributed by atoms with Crippen molar-refractivity contribution in [2.24, 2.45) is 0 Å². The van der Waals surface area contributed by atoms with E-state index in [1.165, 1.54) is 0 Å². The number of ether oxygens (including phenoxy) is 1. The fourth-order valence-electron chi connectivity index (χ4n) is 3.44. The number of aromatic nitrogens is 2. The Morgan fingerprint density at radius 2 is 1.93 bits per heavy atom. The van der Waals surface area contributed by atoms with Crippen molar-refractivity contribution in [2.45, 2.75) is 25.9 Å². The number of rotatable bonds is 7. The quantitative estimate of drug-likeness (QED) is 0.531. The van der Waals surface area contributed by atoms with Crippen molar-refractivity contribution in [3.8, 4) is 0 Å². The van der Waals surface area contributed by atoms with Crippen molar-refractivity contribution < 1.29 is 9.53 Å². The predicted octanol–water partition coefficient (Wildman–Crippen LogP) is 4.57. The molecule has 0 spiro atoms. The second-order valence-electron chi connectivity index (χ2n) is 6.91. The lowest BCUT2D eigenvalue weighted by Gasteiger charge is -2.29. The maximum Gasteiger partial charge on any atom is 0.261 e. The highest BCUT2D eigenvalue weighted by Crippen LogP contribution is 2.27. The van der Waals surface area contributed by atoms with Crippen LogP contribution in [0.4, 0.5) is 0 Å². The van der Waals surface area contributed by atoms with Crippen LogP contribution in [0.5, 0.6) is 0 Å². The van der Waals surface area contributed by atoms with E-state index in [0.29, 0.717) is 51.9 Å². The molecule has 0 radical (unpaired) electrons. The standard InChI is InChI=1S/C22H23Cl2N3O3/c1-4-19(26(2)21(28)14-9-10-16(23)17(24)13-14)20-25-18-8-6-5-7-15(18)22(29)27(20)11-12-30-3/h5-10,13,19H,4,11-12H2,1-3H3. The normalized spacial score (nSPS) is 12.2. The highest BCUT2D eigenvalue weighted by molar-refractivity contribution is 6.42. The maximum absolute atomic E-state index is 13.2. The molecule has 1 atom stereocenters. The minimum Gasteiger partial charge on any atom is -0.383 e. The largest absolute Gasteiger partial charge is 0.383 e. The van der Waals surface area contributed by atoms with Gasteiger partial charge in [-0.05, 0) is 36.8 Å². The summed E-state index contributed by atoms with van der Waals surface area (Å²) in [4.78, 5) is 32.6. The van der Waals surface area contributed by atoms with E-state index in [1.807, 2.05) is 19.1 Å². The van der Waals surface area contributed by atoms with Gasteiger partial charge in [-0.25, -0.2) is 4.98 Å². The van der Waals surface area contributed by atoms with Crippen LogP contribution in [0.3, 0.4) is 0 Å². The molecule has 30 heavy (non-hydrogen) atoms. The number of amides is 1. The summed E-state index contributed by atoms with van der Waals surface area (Å²) >= 11 is 12.1. The van der Waals surface area contributed by atoms with Crippen molar-refractivity contribution in [1.29, 1.82) is 0 Å². The minimum absolute atomic E-state index is 0.151. The summed E-state index contributed by atoms with van der Waals surface area (Å²) < 4.78 is 6.78. The lowest BCUT2D eigenvalue weighted by Crippen LogP contribution is -2.37. The molecule has 1 aromatic heterocycles.